The number of benzene rings is 1. The largest absolute Gasteiger partial charge is 0.292 e. The van der Waals surface area contributed by atoms with E-state index < -0.39 is 0 Å². The summed E-state index contributed by atoms with van der Waals surface area (Å²) in [5.74, 6) is 0.190. The molecule has 3 rings (SSSR count). The van der Waals surface area contributed by atoms with Crippen LogP contribution in [-0.2, 0) is 12.8 Å². The third kappa shape index (κ3) is 1.86. The fourth-order valence-corrected chi connectivity index (χ4v) is 2.39. The number of hydrogen-bond acceptors (Lipinski definition) is 2. The number of hydrogen-bond donors (Lipinski definition) is 0. The van der Waals surface area contributed by atoms with Crippen LogP contribution in [0.5, 0.6) is 0 Å². The molecule has 84 valence electrons. The minimum atomic E-state index is 0.190. The van der Waals surface area contributed by atoms with Gasteiger partial charge in [-0.05, 0) is 35.6 Å². The highest BCUT2D eigenvalue weighted by molar-refractivity contribution is 5.98. The van der Waals surface area contributed by atoms with E-state index in [0.717, 1.165) is 18.4 Å². The van der Waals surface area contributed by atoms with Gasteiger partial charge < -0.3 is 0 Å². The van der Waals surface area contributed by atoms with Crippen molar-refractivity contribution >= 4 is 5.78 Å². The van der Waals surface area contributed by atoms with Crippen molar-refractivity contribution in [3.63, 3.8) is 0 Å². The molecule has 0 bridgehead atoms. The van der Waals surface area contributed by atoms with E-state index in [1.165, 1.54) is 11.1 Å². The maximum absolute atomic E-state index is 11.6. The van der Waals surface area contributed by atoms with E-state index in [0.29, 0.717) is 12.1 Å². The fourth-order valence-electron chi connectivity index (χ4n) is 2.39. The number of pyridine rings is 1. The van der Waals surface area contributed by atoms with Gasteiger partial charge in [-0.25, -0.2) is 0 Å². The average molecular weight is 223 g/mol. The van der Waals surface area contributed by atoms with E-state index in [9.17, 15) is 4.79 Å². The molecule has 0 amide bonds. The second kappa shape index (κ2) is 4.13. The molecule has 1 aliphatic rings. The second-order valence-electron chi connectivity index (χ2n) is 4.38. The lowest BCUT2D eigenvalue weighted by Crippen LogP contribution is -1.99. The van der Waals surface area contributed by atoms with Gasteiger partial charge in [0.1, 0.15) is 5.69 Å². The van der Waals surface area contributed by atoms with Gasteiger partial charge in [-0.1, -0.05) is 30.3 Å². The van der Waals surface area contributed by atoms with Crippen LogP contribution in [0.4, 0.5) is 0 Å². The Labute approximate surface area is 100 Å². The van der Waals surface area contributed by atoms with Gasteiger partial charge in [-0.2, -0.15) is 0 Å². The third-order valence-corrected chi connectivity index (χ3v) is 3.26. The molecule has 0 saturated carbocycles. The number of fused-ring (bicyclic) bond motifs is 1. The molecular weight excluding hydrogens is 210 g/mol. The highest BCUT2D eigenvalue weighted by atomic mass is 16.1. The molecule has 0 saturated heterocycles. The quantitative estimate of drug-likeness (QED) is 0.783. The van der Waals surface area contributed by atoms with Crippen LogP contribution < -0.4 is 0 Å². The van der Waals surface area contributed by atoms with E-state index >= 15 is 0 Å². The minimum absolute atomic E-state index is 0.190. The molecule has 0 radical (unpaired) electrons. The first-order valence-electron chi connectivity index (χ1n) is 5.88. The fraction of sp³-hybridized carbons (Fsp3) is 0.200. The summed E-state index contributed by atoms with van der Waals surface area (Å²) in [5, 5.41) is 0. The summed E-state index contributed by atoms with van der Waals surface area (Å²) in [6.07, 6.45) is 4.11. The molecule has 0 atom stereocenters. The maximum Gasteiger partial charge on any atom is 0.181 e. The predicted molar refractivity (Wildman–Crippen MR) is 66.1 cm³/mol. The van der Waals surface area contributed by atoms with Crippen molar-refractivity contribution in [2.45, 2.75) is 19.3 Å². The van der Waals surface area contributed by atoms with Gasteiger partial charge in [-0.15, -0.1) is 0 Å². The second-order valence-corrected chi connectivity index (χ2v) is 4.38. The summed E-state index contributed by atoms with van der Waals surface area (Å²) in [4.78, 5) is 15.8. The molecule has 1 aromatic heterocycles. The van der Waals surface area contributed by atoms with Gasteiger partial charge >= 0.3 is 0 Å². The van der Waals surface area contributed by atoms with E-state index in [4.69, 9.17) is 0 Å². The van der Waals surface area contributed by atoms with Gasteiger partial charge in [0.25, 0.3) is 0 Å². The lowest BCUT2D eigenvalue weighted by Gasteiger charge is -2.06. The molecule has 17 heavy (non-hydrogen) atoms. The van der Waals surface area contributed by atoms with Crippen molar-refractivity contribution in [3.8, 4) is 0 Å². The number of Topliss-reactive ketones (excluding diaryl/α,β-unsaturated/α-hetero) is 1. The summed E-state index contributed by atoms with van der Waals surface area (Å²) in [7, 11) is 0. The van der Waals surface area contributed by atoms with Crippen LogP contribution in [0.15, 0.2) is 42.6 Å². The molecule has 0 spiro atoms. The Hall–Kier alpha value is -1.96. The Morgan fingerprint density at radius 1 is 1.06 bits per heavy atom. The third-order valence-electron chi connectivity index (χ3n) is 3.26. The lowest BCUT2D eigenvalue weighted by atomic mass is 10.0. The highest BCUT2D eigenvalue weighted by Crippen LogP contribution is 2.25. The minimum Gasteiger partial charge on any atom is -0.292 e. The Balaban J connectivity index is 1.98. The van der Waals surface area contributed by atoms with Crippen LogP contribution in [0, 0.1) is 0 Å². The zero-order chi connectivity index (χ0) is 11.7. The van der Waals surface area contributed by atoms with Crippen molar-refractivity contribution in [3.05, 3.63) is 65.0 Å². The van der Waals surface area contributed by atoms with Crippen LogP contribution in [0.1, 0.15) is 33.6 Å². The zero-order valence-electron chi connectivity index (χ0n) is 9.52. The van der Waals surface area contributed by atoms with E-state index in [1.807, 2.05) is 24.3 Å². The summed E-state index contributed by atoms with van der Waals surface area (Å²) in [6, 6.07) is 12.4. The Morgan fingerprint density at radius 2 is 1.88 bits per heavy atom. The lowest BCUT2D eigenvalue weighted by molar-refractivity contribution is 0.0990. The molecule has 2 nitrogen and oxygen atoms in total. The molecule has 1 heterocycles. The number of nitrogens with zero attached hydrogens (tertiary/aromatic N) is 1. The standard InChI is InChI=1S/C15H13NO/c17-14-7-6-13-12(8-9-16-15(13)14)10-11-4-2-1-3-5-11/h1-5,8-9H,6-7,10H2. The van der Waals surface area contributed by atoms with Gasteiger partial charge in [0, 0.05) is 12.6 Å². The van der Waals surface area contributed by atoms with Crippen molar-refractivity contribution in [1.82, 2.24) is 4.98 Å². The topological polar surface area (TPSA) is 30.0 Å². The van der Waals surface area contributed by atoms with Crippen molar-refractivity contribution in [2.75, 3.05) is 0 Å². The first-order valence-corrected chi connectivity index (χ1v) is 5.88. The van der Waals surface area contributed by atoms with Crippen molar-refractivity contribution in [1.29, 1.82) is 0 Å². The predicted octanol–water partition coefficient (Wildman–Crippen LogP) is 2.80. The molecule has 1 aliphatic carbocycles. The van der Waals surface area contributed by atoms with Gasteiger partial charge in [0.15, 0.2) is 5.78 Å². The Bertz CT molecular complexity index is 560. The molecule has 0 unspecified atom stereocenters. The number of ketones is 1. The van der Waals surface area contributed by atoms with E-state index in [1.54, 1.807) is 6.20 Å². The van der Waals surface area contributed by atoms with Crippen LogP contribution in [-0.4, -0.2) is 10.8 Å². The van der Waals surface area contributed by atoms with Crippen molar-refractivity contribution in [2.24, 2.45) is 0 Å². The van der Waals surface area contributed by atoms with Crippen LogP contribution in [0.25, 0.3) is 0 Å². The Morgan fingerprint density at radius 3 is 2.71 bits per heavy atom. The Kier molecular flexibility index (Phi) is 2.48. The molecule has 0 aliphatic heterocycles. The normalized spacial score (nSPS) is 13.8. The first-order chi connectivity index (χ1) is 8.34. The van der Waals surface area contributed by atoms with Gasteiger partial charge in [-0.3, -0.25) is 9.78 Å². The molecule has 2 aromatic rings. The van der Waals surface area contributed by atoms with Crippen LogP contribution in [0.3, 0.4) is 0 Å². The van der Waals surface area contributed by atoms with Crippen molar-refractivity contribution < 1.29 is 4.79 Å². The highest BCUT2D eigenvalue weighted by Gasteiger charge is 2.23. The van der Waals surface area contributed by atoms with Crippen LogP contribution in [0.2, 0.25) is 0 Å². The molecular formula is C15H13NO. The number of aromatic nitrogens is 1. The van der Waals surface area contributed by atoms with Gasteiger partial charge in [0.2, 0.25) is 0 Å². The van der Waals surface area contributed by atoms with Gasteiger partial charge in [0.05, 0.1) is 0 Å². The average Bonchev–Trinajstić information content (AvgIpc) is 2.74. The van der Waals surface area contributed by atoms with Crippen LogP contribution >= 0.6 is 0 Å². The number of carbonyl (C=O) groups excluding carboxylic acids is 1. The summed E-state index contributed by atoms with van der Waals surface area (Å²) >= 11 is 0. The monoisotopic (exact) mass is 223 g/mol. The molecule has 0 fully saturated rings. The van der Waals surface area contributed by atoms with E-state index in [-0.39, 0.29) is 5.78 Å². The summed E-state index contributed by atoms with van der Waals surface area (Å²) < 4.78 is 0. The SMILES string of the molecule is O=C1CCc2c(Cc3ccccc3)ccnc21. The maximum atomic E-state index is 11.6. The molecule has 0 N–H and O–H groups in total. The van der Waals surface area contributed by atoms with E-state index in [2.05, 4.69) is 17.1 Å². The summed E-state index contributed by atoms with van der Waals surface area (Å²) in [6.45, 7) is 0. The first kappa shape index (κ1) is 10.2. The zero-order valence-corrected chi connectivity index (χ0v) is 9.52. The molecule has 1 aromatic carbocycles. The number of rotatable bonds is 2. The molecule has 2 heteroatoms. The smallest absolute Gasteiger partial charge is 0.181 e. The summed E-state index contributed by atoms with van der Waals surface area (Å²) in [5.41, 5.74) is 4.37. The number of carbonyl (C=O) groups is 1.